The molecule has 0 atom stereocenters. The molecule has 2 N–H and O–H groups in total. The van der Waals surface area contributed by atoms with E-state index in [1.807, 2.05) is 12.3 Å². The first-order valence-corrected chi connectivity index (χ1v) is 7.23. The number of anilines is 1. The van der Waals surface area contributed by atoms with E-state index >= 15 is 0 Å². The number of carbonyl (C=O) groups is 2. The molecule has 104 valence electrons. The summed E-state index contributed by atoms with van der Waals surface area (Å²) in [5, 5.41) is 7.52. The van der Waals surface area contributed by atoms with Crippen LogP contribution < -0.4 is 10.6 Å². The lowest BCUT2D eigenvalue weighted by molar-refractivity contribution is 0.0607. The second-order valence-corrected chi connectivity index (χ2v) is 5.57. The van der Waals surface area contributed by atoms with E-state index in [2.05, 4.69) is 10.6 Å². The van der Waals surface area contributed by atoms with Crippen LogP contribution >= 0.6 is 11.3 Å². The highest BCUT2D eigenvalue weighted by molar-refractivity contribution is 7.12. The Morgan fingerprint density at radius 1 is 1.37 bits per heavy atom. The van der Waals surface area contributed by atoms with Crippen molar-refractivity contribution in [3.05, 3.63) is 15.8 Å². The van der Waals surface area contributed by atoms with Crippen LogP contribution in [0.2, 0.25) is 0 Å². The SMILES string of the molecule is COC(=O)c1scc(C)c1NC(=O)NC1CCCC1. The molecule has 0 radical (unpaired) electrons. The first kappa shape index (κ1) is 13.9. The Balaban J connectivity index is 2.03. The van der Waals surface area contributed by atoms with Crippen molar-refractivity contribution in [1.29, 1.82) is 0 Å². The molecule has 2 rings (SSSR count). The number of methoxy groups -OCH3 is 1. The third-order valence-corrected chi connectivity index (χ3v) is 4.35. The number of aryl methyl sites for hydroxylation is 1. The lowest BCUT2D eigenvalue weighted by atomic mass is 10.2. The largest absolute Gasteiger partial charge is 0.465 e. The minimum absolute atomic E-state index is 0.250. The second-order valence-electron chi connectivity index (χ2n) is 4.69. The molecule has 0 unspecified atom stereocenters. The number of ether oxygens (including phenoxy) is 1. The van der Waals surface area contributed by atoms with E-state index in [0.717, 1.165) is 31.2 Å². The van der Waals surface area contributed by atoms with Crippen LogP contribution in [0, 0.1) is 6.92 Å². The average Bonchev–Trinajstić information content (AvgIpc) is 3.00. The molecule has 1 aliphatic carbocycles. The van der Waals surface area contributed by atoms with Gasteiger partial charge in [0, 0.05) is 6.04 Å². The quantitative estimate of drug-likeness (QED) is 0.838. The van der Waals surface area contributed by atoms with Crippen molar-refractivity contribution in [3.63, 3.8) is 0 Å². The zero-order valence-electron chi connectivity index (χ0n) is 11.1. The summed E-state index contributed by atoms with van der Waals surface area (Å²) in [4.78, 5) is 23.9. The monoisotopic (exact) mass is 282 g/mol. The van der Waals surface area contributed by atoms with E-state index in [1.165, 1.54) is 18.4 Å². The molecule has 1 heterocycles. The molecule has 0 aromatic carbocycles. The zero-order chi connectivity index (χ0) is 13.8. The maximum absolute atomic E-state index is 11.9. The summed E-state index contributed by atoms with van der Waals surface area (Å²) >= 11 is 1.28. The molecule has 5 nitrogen and oxygen atoms in total. The van der Waals surface area contributed by atoms with E-state index in [1.54, 1.807) is 0 Å². The Hall–Kier alpha value is -1.56. The molecule has 0 bridgehead atoms. The summed E-state index contributed by atoms with van der Waals surface area (Å²) in [6.45, 7) is 1.86. The molecule has 19 heavy (non-hydrogen) atoms. The summed E-state index contributed by atoms with van der Waals surface area (Å²) in [7, 11) is 1.33. The Morgan fingerprint density at radius 2 is 2.05 bits per heavy atom. The average molecular weight is 282 g/mol. The highest BCUT2D eigenvalue weighted by atomic mass is 32.1. The molecule has 1 aromatic heterocycles. The minimum atomic E-state index is -0.422. The number of rotatable bonds is 3. The standard InChI is InChI=1S/C13H18N2O3S/c1-8-7-19-11(12(16)18-2)10(8)15-13(17)14-9-5-3-4-6-9/h7,9H,3-6H2,1-2H3,(H2,14,15,17). The van der Waals surface area contributed by atoms with Crippen LogP contribution in [0.4, 0.5) is 10.5 Å². The number of thiophene rings is 1. The molecule has 0 aliphatic heterocycles. The number of hydrogen-bond acceptors (Lipinski definition) is 4. The fourth-order valence-electron chi connectivity index (χ4n) is 2.25. The maximum Gasteiger partial charge on any atom is 0.350 e. The minimum Gasteiger partial charge on any atom is -0.465 e. The first-order chi connectivity index (χ1) is 9.11. The Bertz CT molecular complexity index is 478. The first-order valence-electron chi connectivity index (χ1n) is 6.35. The van der Waals surface area contributed by atoms with Crippen LogP contribution in [0.3, 0.4) is 0 Å². The highest BCUT2D eigenvalue weighted by Gasteiger charge is 2.21. The van der Waals surface area contributed by atoms with Crippen molar-refractivity contribution in [2.75, 3.05) is 12.4 Å². The van der Waals surface area contributed by atoms with E-state index in [4.69, 9.17) is 4.74 Å². The van der Waals surface area contributed by atoms with Crippen LogP contribution in [-0.2, 0) is 4.74 Å². The van der Waals surface area contributed by atoms with Crippen molar-refractivity contribution < 1.29 is 14.3 Å². The number of urea groups is 1. The molecule has 0 saturated heterocycles. The normalized spacial score (nSPS) is 15.3. The van der Waals surface area contributed by atoms with E-state index in [-0.39, 0.29) is 12.1 Å². The Labute approximate surface area is 116 Å². The van der Waals surface area contributed by atoms with Gasteiger partial charge in [0.25, 0.3) is 0 Å². The van der Waals surface area contributed by atoms with Gasteiger partial charge in [-0.25, -0.2) is 9.59 Å². The van der Waals surface area contributed by atoms with Gasteiger partial charge in [0.2, 0.25) is 0 Å². The zero-order valence-corrected chi connectivity index (χ0v) is 11.9. The topological polar surface area (TPSA) is 67.4 Å². The van der Waals surface area contributed by atoms with Gasteiger partial charge < -0.3 is 15.4 Å². The smallest absolute Gasteiger partial charge is 0.350 e. The van der Waals surface area contributed by atoms with Crippen molar-refractivity contribution in [2.24, 2.45) is 0 Å². The van der Waals surface area contributed by atoms with Gasteiger partial charge in [-0.2, -0.15) is 0 Å². The molecule has 0 spiro atoms. The Morgan fingerprint density at radius 3 is 2.68 bits per heavy atom. The maximum atomic E-state index is 11.9. The van der Waals surface area contributed by atoms with Crippen LogP contribution in [0.15, 0.2) is 5.38 Å². The van der Waals surface area contributed by atoms with Crippen LogP contribution in [0.1, 0.15) is 40.9 Å². The Kier molecular flexibility index (Phi) is 4.42. The number of amides is 2. The molecule has 1 fully saturated rings. The van der Waals surface area contributed by atoms with E-state index in [9.17, 15) is 9.59 Å². The molecule has 1 aliphatic rings. The van der Waals surface area contributed by atoms with Gasteiger partial charge >= 0.3 is 12.0 Å². The van der Waals surface area contributed by atoms with Gasteiger partial charge in [-0.15, -0.1) is 11.3 Å². The number of carbonyl (C=O) groups excluding carboxylic acids is 2. The molecule has 1 saturated carbocycles. The fraction of sp³-hybridized carbons (Fsp3) is 0.538. The van der Waals surface area contributed by atoms with Crippen molar-refractivity contribution in [3.8, 4) is 0 Å². The molecule has 6 heteroatoms. The second kappa shape index (κ2) is 6.06. The number of hydrogen-bond donors (Lipinski definition) is 2. The van der Waals surface area contributed by atoms with E-state index < -0.39 is 5.97 Å². The summed E-state index contributed by atoms with van der Waals surface area (Å²) in [5.74, 6) is -0.422. The van der Waals surface area contributed by atoms with Crippen LogP contribution in [0.5, 0.6) is 0 Å². The van der Waals surface area contributed by atoms with Crippen LogP contribution in [0.25, 0.3) is 0 Å². The lowest BCUT2D eigenvalue weighted by Crippen LogP contribution is -2.36. The molecule has 1 aromatic rings. The fourth-order valence-corrected chi connectivity index (χ4v) is 3.17. The van der Waals surface area contributed by atoms with Gasteiger partial charge in [-0.3, -0.25) is 0 Å². The summed E-state index contributed by atoms with van der Waals surface area (Å²) in [6.07, 6.45) is 4.38. The molecular weight excluding hydrogens is 264 g/mol. The third kappa shape index (κ3) is 3.26. The predicted octanol–water partition coefficient (Wildman–Crippen LogP) is 2.91. The summed E-state index contributed by atoms with van der Waals surface area (Å²) in [6, 6.07) is -0.000860. The highest BCUT2D eigenvalue weighted by Crippen LogP contribution is 2.28. The van der Waals surface area contributed by atoms with Gasteiger partial charge in [-0.1, -0.05) is 12.8 Å². The number of esters is 1. The van der Waals surface area contributed by atoms with Crippen molar-refractivity contribution >= 4 is 29.0 Å². The predicted molar refractivity (Wildman–Crippen MR) is 74.8 cm³/mol. The molecule has 2 amide bonds. The van der Waals surface area contributed by atoms with Gasteiger partial charge in [0.1, 0.15) is 4.88 Å². The van der Waals surface area contributed by atoms with E-state index in [0.29, 0.717) is 10.6 Å². The molecular formula is C13H18N2O3S. The summed E-state index contributed by atoms with van der Waals surface area (Å²) < 4.78 is 4.71. The lowest BCUT2D eigenvalue weighted by Gasteiger charge is -2.13. The number of nitrogens with one attached hydrogen (secondary N) is 2. The third-order valence-electron chi connectivity index (χ3n) is 3.27. The van der Waals surface area contributed by atoms with Crippen molar-refractivity contribution in [2.45, 2.75) is 38.6 Å². The van der Waals surface area contributed by atoms with Gasteiger partial charge in [-0.05, 0) is 30.7 Å². The summed E-state index contributed by atoms with van der Waals surface area (Å²) in [5.41, 5.74) is 1.42. The van der Waals surface area contributed by atoms with Gasteiger partial charge in [0.05, 0.1) is 12.8 Å². The van der Waals surface area contributed by atoms with Gasteiger partial charge in [0.15, 0.2) is 0 Å². The van der Waals surface area contributed by atoms with Crippen LogP contribution in [-0.4, -0.2) is 25.2 Å². The van der Waals surface area contributed by atoms with Crippen molar-refractivity contribution in [1.82, 2.24) is 5.32 Å².